The third-order valence-electron chi connectivity index (χ3n) is 2.79. The summed E-state index contributed by atoms with van der Waals surface area (Å²) in [5, 5.41) is 9.95. The molecule has 2 atom stereocenters. The van der Waals surface area contributed by atoms with E-state index in [0.717, 1.165) is 6.42 Å². The molecule has 1 N–H and O–H groups in total. The molecule has 0 aromatic carbocycles. The average Bonchev–Trinajstić information content (AvgIpc) is 2.05. The molecule has 0 aliphatic carbocycles. The van der Waals surface area contributed by atoms with Crippen LogP contribution in [0.3, 0.4) is 0 Å². The second-order valence-corrected chi connectivity index (χ2v) is 3.89. The van der Waals surface area contributed by atoms with Crippen molar-refractivity contribution < 1.29 is 9.84 Å². The third-order valence-corrected chi connectivity index (χ3v) is 2.79. The predicted molar refractivity (Wildman–Crippen MR) is 49.0 cm³/mol. The first kappa shape index (κ1) is 9.75. The van der Waals surface area contributed by atoms with E-state index in [4.69, 9.17) is 4.74 Å². The SMILES string of the molecule is C=CC1(O)CCOC(C)(CC)C1. The van der Waals surface area contributed by atoms with E-state index in [2.05, 4.69) is 13.5 Å². The quantitative estimate of drug-likeness (QED) is 0.641. The van der Waals surface area contributed by atoms with Gasteiger partial charge in [-0.2, -0.15) is 0 Å². The molecule has 12 heavy (non-hydrogen) atoms. The van der Waals surface area contributed by atoms with Gasteiger partial charge in [0.25, 0.3) is 0 Å². The number of rotatable bonds is 2. The largest absolute Gasteiger partial charge is 0.386 e. The lowest BCUT2D eigenvalue weighted by molar-refractivity contribution is -0.135. The molecular formula is C10H18O2. The Morgan fingerprint density at radius 1 is 1.67 bits per heavy atom. The zero-order valence-electron chi connectivity index (χ0n) is 7.97. The molecule has 2 nitrogen and oxygen atoms in total. The summed E-state index contributed by atoms with van der Waals surface area (Å²) in [6.45, 7) is 8.40. The van der Waals surface area contributed by atoms with Crippen molar-refractivity contribution >= 4 is 0 Å². The monoisotopic (exact) mass is 170 g/mol. The summed E-state index contributed by atoms with van der Waals surface area (Å²) >= 11 is 0. The predicted octanol–water partition coefficient (Wildman–Crippen LogP) is 1.88. The van der Waals surface area contributed by atoms with Crippen LogP contribution in [0.2, 0.25) is 0 Å². The molecule has 0 aromatic rings. The van der Waals surface area contributed by atoms with Crippen LogP contribution in [0.4, 0.5) is 0 Å². The highest BCUT2D eigenvalue weighted by atomic mass is 16.5. The Morgan fingerprint density at radius 2 is 2.33 bits per heavy atom. The van der Waals surface area contributed by atoms with Gasteiger partial charge in [-0.1, -0.05) is 13.0 Å². The fraction of sp³-hybridized carbons (Fsp3) is 0.800. The molecule has 1 rings (SSSR count). The van der Waals surface area contributed by atoms with E-state index >= 15 is 0 Å². The smallest absolute Gasteiger partial charge is 0.0874 e. The summed E-state index contributed by atoms with van der Waals surface area (Å²) < 4.78 is 5.60. The Bertz CT molecular complexity index is 179. The van der Waals surface area contributed by atoms with Crippen LogP contribution in [0.1, 0.15) is 33.1 Å². The van der Waals surface area contributed by atoms with Gasteiger partial charge in [-0.25, -0.2) is 0 Å². The van der Waals surface area contributed by atoms with Gasteiger partial charge in [0.05, 0.1) is 17.8 Å². The minimum Gasteiger partial charge on any atom is -0.386 e. The molecule has 0 radical (unpaired) electrons. The van der Waals surface area contributed by atoms with Crippen molar-refractivity contribution in [3.05, 3.63) is 12.7 Å². The van der Waals surface area contributed by atoms with Crippen molar-refractivity contribution in [2.24, 2.45) is 0 Å². The Kier molecular flexibility index (Phi) is 2.59. The fourth-order valence-electron chi connectivity index (χ4n) is 1.66. The van der Waals surface area contributed by atoms with Crippen LogP contribution in [0.15, 0.2) is 12.7 Å². The first-order chi connectivity index (χ1) is 5.54. The Hall–Kier alpha value is -0.340. The van der Waals surface area contributed by atoms with Gasteiger partial charge in [0.2, 0.25) is 0 Å². The van der Waals surface area contributed by atoms with Crippen molar-refractivity contribution in [1.82, 2.24) is 0 Å². The molecule has 1 heterocycles. The van der Waals surface area contributed by atoms with Gasteiger partial charge in [-0.05, 0) is 13.3 Å². The van der Waals surface area contributed by atoms with E-state index in [9.17, 15) is 5.11 Å². The van der Waals surface area contributed by atoms with Crippen molar-refractivity contribution in [3.63, 3.8) is 0 Å². The fourth-order valence-corrected chi connectivity index (χ4v) is 1.66. The number of ether oxygens (including phenoxy) is 1. The minimum absolute atomic E-state index is 0.165. The molecule has 1 fully saturated rings. The van der Waals surface area contributed by atoms with Gasteiger partial charge in [0.1, 0.15) is 0 Å². The molecule has 1 aliphatic rings. The normalized spacial score (nSPS) is 42.6. The molecular weight excluding hydrogens is 152 g/mol. The minimum atomic E-state index is -0.705. The van der Waals surface area contributed by atoms with E-state index < -0.39 is 5.60 Å². The summed E-state index contributed by atoms with van der Waals surface area (Å²) in [7, 11) is 0. The number of hydrogen-bond acceptors (Lipinski definition) is 2. The maximum absolute atomic E-state index is 9.95. The highest BCUT2D eigenvalue weighted by molar-refractivity contribution is 5.02. The Balaban J connectivity index is 2.68. The van der Waals surface area contributed by atoms with Gasteiger partial charge in [-0.15, -0.1) is 6.58 Å². The lowest BCUT2D eigenvalue weighted by Crippen LogP contribution is -2.45. The zero-order valence-corrected chi connectivity index (χ0v) is 7.97. The summed E-state index contributed by atoms with van der Waals surface area (Å²) in [6, 6.07) is 0. The summed E-state index contributed by atoms with van der Waals surface area (Å²) in [6.07, 6.45) is 3.92. The molecule has 0 amide bonds. The van der Waals surface area contributed by atoms with Crippen molar-refractivity contribution in [2.75, 3.05) is 6.61 Å². The summed E-state index contributed by atoms with van der Waals surface area (Å²) in [4.78, 5) is 0. The Labute approximate surface area is 74.2 Å². The molecule has 0 spiro atoms. The summed E-state index contributed by atoms with van der Waals surface area (Å²) in [5.74, 6) is 0. The summed E-state index contributed by atoms with van der Waals surface area (Å²) in [5.41, 5.74) is -0.871. The first-order valence-electron chi connectivity index (χ1n) is 4.53. The van der Waals surface area contributed by atoms with Gasteiger partial charge in [0, 0.05) is 12.8 Å². The zero-order chi connectivity index (χ0) is 9.24. The lowest BCUT2D eigenvalue weighted by atomic mass is 9.82. The molecule has 1 aliphatic heterocycles. The van der Waals surface area contributed by atoms with Crippen molar-refractivity contribution in [1.29, 1.82) is 0 Å². The van der Waals surface area contributed by atoms with Gasteiger partial charge < -0.3 is 9.84 Å². The van der Waals surface area contributed by atoms with Gasteiger partial charge >= 0.3 is 0 Å². The van der Waals surface area contributed by atoms with Crippen LogP contribution in [0.25, 0.3) is 0 Å². The van der Waals surface area contributed by atoms with E-state index in [0.29, 0.717) is 19.4 Å². The first-order valence-corrected chi connectivity index (χ1v) is 4.53. The van der Waals surface area contributed by atoms with Crippen LogP contribution in [-0.2, 0) is 4.74 Å². The number of hydrogen-bond donors (Lipinski definition) is 1. The maximum atomic E-state index is 9.95. The van der Waals surface area contributed by atoms with Gasteiger partial charge in [0.15, 0.2) is 0 Å². The van der Waals surface area contributed by atoms with E-state index in [1.807, 2.05) is 6.92 Å². The van der Waals surface area contributed by atoms with E-state index in [1.165, 1.54) is 0 Å². The third kappa shape index (κ3) is 1.87. The second kappa shape index (κ2) is 3.19. The Morgan fingerprint density at radius 3 is 2.83 bits per heavy atom. The van der Waals surface area contributed by atoms with E-state index in [-0.39, 0.29) is 5.60 Å². The van der Waals surface area contributed by atoms with Crippen LogP contribution < -0.4 is 0 Å². The van der Waals surface area contributed by atoms with E-state index in [1.54, 1.807) is 6.08 Å². The molecule has 2 heteroatoms. The molecule has 0 aromatic heterocycles. The van der Waals surface area contributed by atoms with Gasteiger partial charge in [-0.3, -0.25) is 0 Å². The van der Waals surface area contributed by atoms with Crippen molar-refractivity contribution in [2.45, 2.75) is 44.3 Å². The standard InChI is InChI=1S/C10H18O2/c1-4-9(3)8-10(11,5-2)6-7-12-9/h5,11H,2,4,6-8H2,1,3H3. The molecule has 0 saturated carbocycles. The molecule has 0 bridgehead atoms. The highest BCUT2D eigenvalue weighted by Crippen LogP contribution is 2.34. The maximum Gasteiger partial charge on any atom is 0.0874 e. The topological polar surface area (TPSA) is 29.5 Å². The second-order valence-electron chi connectivity index (χ2n) is 3.89. The van der Waals surface area contributed by atoms with Crippen LogP contribution in [-0.4, -0.2) is 22.9 Å². The number of aliphatic hydroxyl groups is 1. The average molecular weight is 170 g/mol. The van der Waals surface area contributed by atoms with Crippen LogP contribution in [0.5, 0.6) is 0 Å². The highest BCUT2D eigenvalue weighted by Gasteiger charge is 2.38. The molecule has 1 saturated heterocycles. The van der Waals surface area contributed by atoms with Crippen LogP contribution in [0, 0.1) is 0 Å². The van der Waals surface area contributed by atoms with Crippen molar-refractivity contribution in [3.8, 4) is 0 Å². The lowest BCUT2D eigenvalue weighted by Gasteiger charge is -2.41. The van der Waals surface area contributed by atoms with Crippen LogP contribution >= 0.6 is 0 Å². The molecule has 70 valence electrons. The molecule has 2 unspecified atom stereocenters.